The summed E-state index contributed by atoms with van der Waals surface area (Å²) in [6, 6.07) is 12.8. The van der Waals surface area contributed by atoms with Crippen LogP contribution in [0.5, 0.6) is 5.75 Å². The topological polar surface area (TPSA) is 27.1 Å². The molecule has 2 saturated carbocycles. The summed E-state index contributed by atoms with van der Waals surface area (Å²) in [6.45, 7) is 0.604. The number of benzene rings is 2. The fourth-order valence-corrected chi connectivity index (χ4v) is 4.49. The van der Waals surface area contributed by atoms with Crippen molar-refractivity contribution in [3.05, 3.63) is 134 Å². The number of aromatic nitrogens is 2. The molecule has 0 aliphatic heterocycles. The molecule has 2 fully saturated rings. The summed E-state index contributed by atoms with van der Waals surface area (Å²) < 4.78 is 20.9. The third kappa shape index (κ3) is 5.26. The maximum Gasteiger partial charge on any atom is 2.00 e. The van der Waals surface area contributed by atoms with Gasteiger partial charge in [-0.3, -0.25) is 4.68 Å². The van der Waals surface area contributed by atoms with Gasteiger partial charge in [0.15, 0.2) is 0 Å². The Kier molecular flexibility index (Phi) is 8.50. The van der Waals surface area contributed by atoms with E-state index in [0.29, 0.717) is 6.54 Å². The average molecular weight is 492 g/mol. The van der Waals surface area contributed by atoms with E-state index in [1.54, 1.807) is 7.11 Å². The molecule has 0 bridgehead atoms. The molecule has 1 aromatic heterocycles. The van der Waals surface area contributed by atoms with Gasteiger partial charge < -0.3 is 4.74 Å². The summed E-state index contributed by atoms with van der Waals surface area (Å²) in [5.41, 5.74) is 6.84. The van der Waals surface area contributed by atoms with Gasteiger partial charge in [-0.1, -0.05) is 24.3 Å². The zero-order valence-electron chi connectivity index (χ0n) is 18.9. The van der Waals surface area contributed by atoms with Crippen LogP contribution in [0.2, 0.25) is 0 Å². The Labute approximate surface area is 213 Å². The molecule has 5 heteroatoms. The van der Waals surface area contributed by atoms with Crippen LogP contribution in [-0.4, -0.2) is 16.9 Å². The summed E-state index contributed by atoms with van der Waals surface area (Å²) in [5, 5.41) is 5.01. The third-order valence-corrected chi connectivity index (χ3v) is 6.02. The maximum absolute atomic E-state index is 13.3. The summed E-state index contributed by atoms with van der Waals surface area (Å²) >= 11 is 0. The van der Waals surface area contributed by atoms with E-state index in [1.165, 1.54) is 29.2 Å². The molecule has 0 saturated heterocycles. The summed E-state index contributed by atoms with van der Waals surface area (Å²) in [5.74, 6) is 1.87. The van der Waals surface area contributed by atoms with E-state index in [0.717, 1.165) is 41.1 Å². The fraction of sp³-hybridized carbons (Fsp3) is 0.138. The zero-order valence-corrected chi connectivity index (χ0v) is 20.0. The van der Waals surface area contributed by atoms with E-state index in [4.69, 9.17) is 9.84 Å². The van der Waals surface area contributed by atoms with Crippen molar-refractivity contribution in [3.63, 3.8) is 0 Å². The van der Waals surface area contributed by atoms with Gasteiger partial charge in [0.1, 0.15) is 11.6 Å². The summed E-state index contributed by atoms with van der Waals surface area (Å²) in [4.78, 5) is 0. The second-order valence-electron chi connectivity index (χ2n) is 8.08. The molecule has 0 unspecified atom stereocenters. The molecule has 0 atom stereocenters. The number of halogens is 1. The van der Waals surface area contributed by atoms with Crippen LogP contribution in [0.15, 0.2) is 42.5 Å². The molecule has 10 radical (unpaired) electrons. The Morgan fingerprint density at radius 3 is 2.15 bits per heavy atom. The Balaban J connectivity index is 0.000000407. The van der Waals surface area contributed by atoms with E-state index < -0.39 is 0 Å². The summed E-state index contributed by atoms with van der Waals surface area (Å²) in [6.07, 6.45) is 20.2. The number of methoxy groups -OCH3 is 1. The van der Waals surface area contributed by atoms with Gasteiger partial charge in [-0.25, -0.2) is 4.39 Å². The molecule has 3 aliphatic carbocycles. The molecule has 0 amide bonds. The van der Waals surface area contributed by atoms with Crippen molar-refractivity contribution in [3.8, 4) is 17.0 Å². The van der Waals surface area contributed by atoms with Gasteiger partial charge in [0, 0.05) is 22.6 Å². The molecule has 2 aromatic carbocycles. The Bertz CT molecular complexity index is 1070. The SMILES string of the molecule is COc1cccc2c1CCc1c-2nn(Cc2ccc(F)cc2)c1[C]1[CH][CH][CH][CH]1.[CH]1[CH][CH][CH][CH]1.[Fe+2]. The molecule has 3 aromatic rings. The smallest absolute Gasteiger partial charge is 0.496 e. The zero-order chi connectivity index (χ0) is 22.6. The van der Waals surface area contributed by atoms with Gasteiger partial charge in [-0.2, -0.15) is 5.10 Å². The quantitative estimate of drug-likeness (QED) is 0.443. The standard InChI is InChI=1S/C24H20FN2O.C5H5.Fe/c1-28-22-8-4-7-20-19(22)13-14-21-23(20)26-27(24(21)17-5-2-3-6-17)15-16-9-11-18(25)12-10-16;1-2-4-5-3-1;/h2-12H,13-15H2,1H3;1-5H;/q;;+2. The van der Waals surface area contributed by atoms with Crippen molar-refractivity contribution < 1.29 is 26.2 Å². The van der Waals surface area contributed by atoms with E-state index in [2.05, 4.69) is 36.4 Å². The number of fused-ring (bicyclic) bond motifs is 3. The first-order valence-corrected chi connectivity index (χ1v) is 11.1. The largest absolute Gasteiger partial charge is 2.00 e. The monoisotopic (exact) mass is 492 g/mol. The number of rotatable bonds is 4. The van der Waals surface area contributed by atoms with Gasteiger partial charge in [-0.05, 0) is 94.4 Å². The fourth-order valence-electron chi connectivity index (χ4n) is 4.49. The minimum Gasteiger partial charge on any atom is -0.496 e. The minimum absolute atomic E-state index is 0. The predicted octanol–water partition coefficient (Wildman–Crippen LogP) is 5.62. The van der Waals surface area contributed by atoms with Gasteiger partial charge in [0.2, 0.25) is 0 Å². The number of ether oxygens (including phenoxy) is 1. The molecular formula is C29H25FFeN2O+2. The molecular weight excluding hydrogens is 467 g/mol. The molecule has 1 heterocycles. The predicted molar refractivity (Wildman–Crippen MR) is 128 cm³/mol. The van der Waals surface area contributed by atoms with Gasteiger partial charge in [0.25, 0.3) is 0 Å². The average Bonchev–Trinajstić information content (AvgIpc) is 3.62. The molecule has 170 valence electrons. The normalized spacial score (nSPS) is 16.8. The number of hydrogen-bond donors (Lipinski definition) is 0. The van der Waals surface area contributed by atoms with Gasteiger partial charge in [0.05, 0.1) is 25.0 Å². The second-order valence-corrected chi connectivity index (χ2v) is 8.08. The molecule has 0 N–H and O–H groups in total. The minimum atomic E-state index is -0.221. The van der Waals surface area contributed by atoms with E-state index in [9.17, 15) is 4.39 Å². The van der Waals surface area contributed by atoms with Crippen LogP contribution in [-0.2, 0) is 36.5 Å². The Morgan fingerprint density at radius 2 is 1.50 bits per heavy atom. The van der Waals surface area contributed by atoms with Crippen molar-refractivity contribution in [2.24, 2.45) is 0 Å². The summed E-state index contributed by atoms with van der Waals surface area (Å²) in [7, 11) is 1.72. The van der Waals surface area contributed by atoms with Crippen molar-refractivity contribution in [1.29, 1.82) is 0 Å². The Morgan fingerprint density at radius 1 is 0.853 bits per heavy atom. The van der Waals surface area contributed by atoms with Crippen LogP contribution in [0, 0.1) is 69.5 Å². The van der Waals surface area contributed by atoms with Crippen molar-refractivity contribution in [2.45, 2.75) is 19.4 Å². The first kappa shape index (κ1) is 25.0. The van der Waals surface area contributed by atoms with Crippen molar-refractivity contribution >= 4 is 0 Å². The molecule has 3 nitrogen and oxygen atoms in total. The van der Waals surface area contributed by atoms with Crippen LogP contribution >= 0.6 is 0 Å². The van der Waals surface area contributed by atoms with E-state index >= 15 is 0 Å². The van der Waals surface area contributed by atoms with E-state index in [1.807, 2.05) is 56.4 Å². The third-order valence-electron chi connectivity index (χ3n) is 6.02. The van der Waals surface area contributed by atoms with Crippen molar-refractivity contribution in [1.82, 2.24) is 9.78 Å². The first-order chi connectivity index (χ1) is 16.2. The van der Waals surface area contributed by atoms with Crippen LogP contribution in [0.25, 0.3) is 11.3 Å². The molecule has 6 rings (SSSR count). The van der Waals surface area contributed by atoms with Crippen LogP contribution in [0.3, 0.4) is 0 Å². The van der Waals surface area contributed by atoms with Crippen LogP contribution in [0.4, 0.5) is 4.39 Å². The van der Waals surface area contributed by atoms with Gasteiger partial charge in [-0.15, -0.1) is 0 Å². The Hall–Kier alpha value is -2.10. The number of nitrogens with zero attached hydrogens (tertiary/aromatic N) is 2. The number of hydrogen-bond acceptors (Lipinski definition) is 2. The van der Waals surface area contributed by atoms with Crippen LogP contribution in [0.1, 0.15) is 22.4 Å². The first-order valence-electron chi connectivity index (χ1n) is 11.1. The molecule has 3 aliphatic rings. The molecule has 34 heavy (non-hydrogen) atoms. The van der Waals surface area contributed by atoms with E-state index in [-0.39, 0.29) is 22.9 Å². The van der Waals surface area contributed by atoms with Crippen LogP contribution < -0.4 is 4.74 Å². The molecule has 0 spiro atoms. The maximum atomic E-state index is 13.3. The second kappa shape index (κ2) is 11.6. The van der Waals surface area contributed by atoms with Gasteiger partial charge >= 0.3 is 17.1 Å². The van der Waals surface area contributed by atoms with Crippen molar-refractivity contribution in [2.75, 3.05) is 7.11 Å².